The fourth-order valence-corrected chi connectivity index (χ4v) is 3.50. The Labute approximate surface area is 148 Å². The van der Waals surface area contributed by atoms with Crippen molar-refractivity contribution in [2.45, 2.75) is 32.1 Å². The lowest BCUT2D eigenvalue weighted by Crippen LogP contribution is -2.40. The molecule has 0 aromatic carbocycles. The second-order valence-corrected chi connectivity index (χ2v) is 6.60. The summed E-state index contributed by atoms with van der Waals surface area (Å²) in [6, 6.07) is 1.97. The lowest BCUT2D eigenvalue weighted by Gasteiger charge is -2.33. The van der Waals surface area contributed by atoms with Crippen LogP contribution in [0.25, 0.3) is 0 Å². The number of amides is 1. The van der Waals surface area contributed by atoms with Crippen LogP contribution in [0.1, 0.15) is 30.7 Å². The number of hydrogen-bond acceptors (Lipinski definition) is 5. The Morgan fingerprint density at radius 1 is 1.32 bits per heavy atom. The van der Waals surface area contributed by atoms with Crippen molar-refractivity contribution in [1.29, 1.82) is 0 Å². The summed E-state index contributed by atoms with van der Waals surface area (Å²) in [6.07, 6.45) is 9.53. The van der Waals surface area contributed by atoms with Crippen LogP contribution in [0.15, 0.2) is 24.7 Å². The highest BCUT2D eigenvalue weighted by molar-refractivity contribution is 5.76. The quantitative estimate of drug-likeness (QED) is 0.864. The normalized spacial score (nSPS) is 17.5. The number of hydrogen-bond donors (Lipinski definition) is 1. The van der Waals surface area contributed by atoms with E-state index in [1.807, 2.05) is 29.7 Å². The van der Waals surface area contributed by atoms with Crippen molar-refractivity contribution in [2.24, 2.45) is 13.0 Å². The fraction of sp³-hybridized carbons (Fsp3) is 0.556. The summed E-state index contributed by atoms with van der Waals surface area (Å²) in [7, 11) is 3.78. The van der Waals surface area contributed by atoms with Crippen LogP contribution in [0.3, 0.4) is 0 Å². The third-order valence-corrected chi connectivity index (χ3v) is 4.88. The van der Waals surface area contributed by atoms with Gasteiger partial charge in [0.1, 0.15) is 5.82 Å². The minimum Gasteiger partial charge on any atom is -0.372 e. The van der Waals surface area contributed by atoms with E-state index in [1.165, 1.54) is 0 Å². The van der Waals surface area contributed by atoms with Gasteiger partial charge in [-0.25, -0.2) is 4.98 Å². The predicted octanol–water partition coefficient (Wildman–Crippen LogP) is 1.67. The van der Waals surface area contributed by atoms with Gasteiger partial charge in [0.15, 0.2) is 0 Å². The molecule has 0 radical (unpaired) electrons. The first-order chi connectivity index (χ1) is 12.2. The van der Waals surface area contributed by atoms with Crippen LogP contribution in [0.5, 0.6) is 0 Å². The zero-order valence-corrected chi connectivity index (χ0v) is 15.0. The van der Waals surface area contributed by atoms with Crippen LogP contribution in [-0.2, 0) is 24.7 Å². The maximum Gasteiger partial charge on any atom is 0.222 e. The van der Waals surface area contributed by atoms with Crippen molar-refractivity contribution in [3.8, 4) is 0 Å². The minimum absolute atomic E-state index is 0.235. The zero-order valence-electron chi connectivity index (χ0n) is 15.0. The summed E-state index contributed by atoms with van der Waals surface area (Å²) in [5.41, 5.74) is 2.08. The molecule has 1 N–H and O–H groups in total. The molecule has 25 heavy (non-hydrogen) atoms. The van der Waals surface area contributed by atoms with E-state index in [1.54, 1.807) is 18.6 Å². The topological polar surface area (TPSA) is 75.9 Å². The molecule has 1 saturated heterocycles. The molecular formula is C18H26N6O. The van der Waals surface area contributed by atoms with Gasteiger partial charge in [-0.15, -0.1) is 0 Å². The second-order valence-electron chi connectivity index (χ2n) is 6.60. The Morgan fingerprint density at radius 3 is 2.92 bits per heavy atom. The monoisotopic (exact) mass is 342 g/mol. The number of anilines is 1. The number of nitrogens with zero attached hydrogens (tertiary/aromatic N) is 5. The molecule has 3 rings (SSSR count). The summed E-state index contributed by atoms with van der Waals surface area (Å²) in [5, 5.41) is 7.25. The van der Waals surface area contributed by atoms with Crippen LogP contribution >= 0.6 is 0 Å². The Morgan fingerprint density at radius 2 is 2.16 bits per heavy atom. The highest BCUT2D eigenvalue weighted by atomic mass is 16.2. The minimum atomic E-state index is 0.235. The molecule has 0 unspecified atom stereocenters. The van der Waals surface area contributed by atoms with E-state index >= 15 is 0 Å². The van der Waals surface area contributed by atoms with Gasteiger partial charge in [-0.3, -0.25) is 14.5 Å². The number of likely N-dealkylation sites (tertiary alicyclic amines) is 1. The first kappa shape index (κ1) is 17.4. The van der Waals surface area contributed by atoms with Crippen molar-refractivity contribution in [3.05, 3.63) is 36.0 Å². The molecule has 7 nitrogen and oxygen atoms in total. The Hall–Kier alpha value is -2.44. The van der Waals surface area contributed by atoms with Crippen LogP contribution < -0.4 is 5.32 Å². The molecule has 1 aliphatic rings. The van der Waals surface area contributed by atoms with Crippen LogP contribution in [0, 0.1) is 5.92 Å². The number of aromatic nitrogens is 4. The van der Waals surface area contributed by atoms with Gasteiger partial charge in [0.05, 0.1) is 5.69 Å². The van der Waals surface area contributed by atoms with Crippen molar-refractivity contribution in [3.63, 3.8) is 0 Å². The number of piperidine rings is 1. The number of carbonyl (C=O) groups excluding carboxylic acids is 1. The molecule has 0 aliphatic carbocycles. The zero-order chi connectivity index (χ0) is 17.6. The van der Waals surface area contributed by atoms with Gasteiger partial charge in [-0.1, -0.05) is 0 Å². The van der Waals surface area contributed by atoms with E-state index in [4.69, 9.17) is 0 Å². The van der Waals surface area contributed by atoms with E-state index < -0.39 is 0 Å². The summed E-state index contributed by atoms with van der Waals surface area (Å²) in [5.74, 6) is 1.51. The molecule has 2 aromatic rings. The van der Waals surface area contributed by atoms with E-state index in [2.05, 4.69) is 20.4 Å². The molecule has 134 valence electrons. The summed E-state index contributed by atoms with van der Waals surface area (Å²) < 4.78 is 1.83. The second kappa shape index (κ2) is 8.09. The molecule has 0 spiro atoms. The molecule has 1 amide bonds. The molecule has 1 fully saturated rings. The highest BCUT2D eigenvalue weighted by Gasteiger charge is 2.25. The highest BCUT2D eigenvalue weighted by Crippen LogP contribution is 2.23. The lowest BCUT2D eigenvalue weighted by atomic mass is 9.93. The van der Waals surface area contributed by atoms with Gasteiger partial charge in [-0.2, -0.15) is 5.10 Å². The number of rotatable bonds is 6. The maximum absolute atomic E-state index is 12.6. The van der Waals surface area contributed by atoms with Gasteiger partial charge in [0, 0.05) is 57.9 Å². The first-order valence-electron chi connectivity index (χ1n) is 8.89. The summed E-state index contributed by atoms with van der Waals surface area (Å²) >= 11 is 0. The summed E-state index contributed by atoms with van der Waals surface area (Å²) in [6.45, 7) is 1.67. The average Bonchev–Trinajstić information content (AvgIpc) is 3.05. The Balaban J connectivity index is 1.55. The number of carbonyl (C=O) groups is 1. The third kappa shape index (κ3) is 4.35. The van der Waals surface area contributed by atoms with Crippen molar-refractivity contribution >= 4 is 11.7 Å². The van der Waals surface area contributed by atoms with Crippen molar-refractivity contribution in [1.82, 2.24) is 24.6 Å². The number of aryl methyl sites for hydroxylation is 2. The van der Waals surface area contributed by atoms with Gasteiger partial charge in [0.2, 0.25) is 5.91 Å². The standard InChI is InChI=1S/C18H26N6O/c1-19-18-16(20-9-10-21-18)12-14-4-3-11-24(13-14)17(25)6-5-15-7-8-22-23(15)2/h7-10,14H,3-6,11-13H2,1-2H3,(H,19,21)/t14-/m1/s1. The molecule has 1 atom stereocenters. The first-order valence-corrected chi connectivity index (χ1v) is 8.89. The Bertz CT molecular complexity index is 713. The SMILES string of the molecule is CNc1nccnc1C[C@H]1CCCN(C(=O)CCc2ccnn2C)C1. The van der Waals surface area contributed by atoms with Gasteiger partial charge in [-0.05, 0) is 37.7 Å². The maximum atomic E-state index is 12.6. The van der Waals surface area contributed by atoms with Crippen LogP contribution in [0.2, 0.25) is 0 Å². The van der Waals surface area contributed by atoms with Gasteiger partial charge in [0.25, 0.3) is 0 Å². The smallest absolute Gasteiger partial charge is 0.222 e. The molecule has 2 aromatic heterocycles. The van der Waals surface area contributed by atoms with Crippen molar-refractivity contribution < 1.29 is 4.79 Å². The number of nitrogens with one attached hydrogen (secondary N) is 1. The fourth-order valence-electron chi connectivity index (χ4n) is 3.50. The predicted molar refractivity (Wildman–Crippen MR) is 96.1 cm³/mol. The molecule has 3 heterocycles. The van der Waals surface area contributed by atoms with E-state index in [0.29, 0.717) is 12.3 Å². The van der Waals surface area contributed by atoms with Crippen LogP contribution in [0.4, 0.5) is 5.82 Å². The average molecular weight is 342 g/mol. The van der Waals surface area contributed by atoms with E-state index in [-0.39, 0.29) is 5.91 Å². The molecule has 7 heteroatoms. The summed E-state index contributed by atoms with van der Waals surface area (Å²) in [4.78, 5) is 23.4. The van der Waals surface area contributed by atoms with Crippen molar-refractivity contribution in [2.75, 3.05) is 25.5 Å². The van der Waals surface area contributed by atoms with Crippen LogP contribution in [-0.4, -0.2) is 50.7 Å². The molecule has 1 aliphatic heterocycles. The molecular weight excluding hydrogens is 316 g/mol. The Kier molecular flexibility index (Phi) is 5.63. The lowest BCUT2D eigenvalue weighted by molar-refractivity contribution is -0.133. The largest absolute Gasteiger partial charge is 0.372 e. The van der Waals surface area contributed by atoms with E-state index in [0.717, 1.165) is 56.0 Å². The molecule has 0 saturated carbocycles. The third-order valence-electron chi connectivity index (χ3n) is 4.88. The molecule has 0 bridgehead atoms. The van der Waals surface area contributed by atoms with Gasteiger partial charge < -0.3 is 10.2 Å². The van der Waals surface area contributed by atoms with E-state index in [9.17, 15) is 4.79 Å². The van der Waals surface area contributed by atoms with Gasteiger partial charge >= 0.3 is 0 Å².